The van der Waals surface area contributed by atoms with E-state index in [0.29, 0.717) is 16.7 Å². The summed E-state index contributed by atoms with van der Waals surface area (Å²) in [5.74, 6) is -6.08. The van der Waals surface area contributed by atoms with Crippen molar-refractivity contribution in [2.45, 2.75) is 69.2 Å². The molecule has 272 valence electrons. The van der Waals surface area contributed by atoms with Crippen LogP contribution in [0.15, 0.2) is 72.8 Å². The van der Waals surface area contributed by atoms with E-state index in [-0.39, 0.29) is 42.9 Å². The number of carbonyl (C=O) groups is 6. The zero-order chi connectivity index (χ0) is 37.7. The van der Waals surface area contributed by atoms with E-state index in [2.05, 4.69) is 21.3 Å². The van der Waals surface area contributed by atoms with Crippen LogP contribution in [0, 0.1) is 0 Å². The molecule has 0 saturated carbocycles. The number of carboxylic acids is 2. The molecule has 4 amide bonds. The maximum atomic E-state index is 13.5. The number of phenolic OH excluding ortho intramolecular Hbond substituents is 3. The van der Waals surface area contributed by atoms with E-state index in [4.69, 9.17) is 5.73 Å². The summed E-state index contributed by atoms with van der Waals surface area (Å²) in [5, 5.41) is 57.4. The Balaban J connectivity index is 1.75. The van der Waals surface area contributed by atoms with Crippen molar-refractivity contribution in [1.29, 1.82) is 0 Å². The van der Waals surface area contributed by atoms with Crippen LogP contribution in [0.2, 0.25) is 0 Å². The fourth-order valence-corrected chi connectivity index (χ4v) is 4.89. The van der Waals surface area contributed by atoms with Gasteiger partial charge < -0.3 is 52.5 Å². The number of carbonyl (C=O) groups excluding carboxylic acids is 4. The summed E-state index contributed by atoms with van der Waals surface area (Å²) >= 11 is 0. The molecule has 3 aromatic rings. The van der Waals surface area contributed by atoms with E-state index in [9.17, 15) is 54.3 Å². The first-order chi connectivity index (χ1) is 24.1. The van der Waals surface area contributed by atoms with Gasteiger partial charge in [-0.1, -0.05) is 36.4 Å². The van der Waals surface area contributed by atoms with E-state index < -0.39 is 72.2 Å². The molecule has 0 bridgehead atoms. The third kappa shape index (κ3) is 13.0. The van der Waals surface area contributed by atoms with Crippen LogP contribution in [-0.4, -0.2) is 91.3 Å². The normalized spacial score (nSPS) is 13.8. The predicted octanol–water partition coefficient (Wildman–Crippen LogP) is 0.0671. The minimum absolute atomic E-state index is 0.0122. The standard InChI is InChI=1S/C35H41N5O11/c1-19(31(46)40-29(35(50)51)18-22-6-12-25(43)13-7-22)37-34(49)28(17-21-4-10-24(42)11-5-21)39-33(48)27(14-15-30(44)45)38-32(47)26(36)16-20-2-8-23(41)9-3-20/h2-13,19,26-29,41-43H,14-18,36H2,1H3,(H,37,49)(H,38,47)(H,39,48)(H,40,46)(H,44,45)(H,50,51). The molecule has 0 saturated heterocycles. The molecule has 11 N–H and O–H groups in total. The minimum atomic E-state index is -1.44. The van der Waals surface area contributed by atoms with Gasteiger partial charge in [0, 0.05) is 19.3 Å². The fourth-order valence-electron chi connectivity index (χ4n) is 4.89. The monoisotopic (exact) mass is 707 g/mol. The largest absolute Gasteiger partial charge is 0.508 e. The van der Waals surface area contributed by atoms with E-state index in [1.807, 2.05) is 0 Å². The van der Waals surface area contributed by atoms with Crippen LogP contribution < -0.4 is 27.0 Å². The molecule has 16 nitrogen and oxygen atoms in total. The molecule has 51 heavy (non-hydrogen) atoms. The molecule has 0 aliphatic heterocycles. The summed E-state index contributed by atoms with van der Waals surface area (Å²) in [6.07, 6.45) is -1.13. The molecule has 0 aromatic heterocycles. The Morgan fingerprint density at radius 2 is 0.941 bits per heavy atom. The Bertz CT molecular complexity index is 1680. The first-order valence-electron chi connectivity index (χ1n) is 15.9. The van der Waals surface area contributed by atoms with E-state index in [0.717, 1.165) is 0 Å². The van der Waals surface area contributed by atoms with Crippen LogP contribution in [0.5, 0.6) is 17.2 Å². The second-order valence-corrected chi connectivity index (χ2v) is 11.9. The van der Waals surface area contributed by atoms with Gasteiger partial charge in [-0.3, -0.25) is 24.0 Å². The summed E-state index contributed by atoms with van der Waals surface area (Å²) in [4.78, 5) is 76.3. The van der Waals surface area contributed by atoms with Gasteiger partial charge in [-0.2, -0.15) is 0 Å². The van der Waals surface area contributed by atoms with Crippen LogP contribution >= 0.6 is 0 Å². The highest BCUT2D eigenvalue weighted by Gasteiger charge is 2.31. The number of nitrogens with one attached hydrogen (secondary N) is 4. The summed E-state index contributed by atoms with van der Waals surface area (Å²) in [6.45, 7) is 1.30. The van der Waals surface area contributed by atoms with Crippen LogP contribution in [0.3, 0.4) is 0 Å². The molecule has 0 aliphatic rings. The first-order valence-corrected chi connectivity index (χ1v) is 15.9. The van der Waals surface area contributed by atoms with Crippen LogP contribution in [0.25, 0.3) is 0 Å². The van der Waals surface area contributed by atoms with Crippen LogP contribution in [0.1, 0.15) is 36.5 Å². The SMILES string of the molecule is CC(NC(=O)C(Cc1ccc(O)cc1)NC(=O)C(CCC(=O)O)NC(=O)C(N)Cc1ccc(O)cc1)C(=O)NC(Cc1ccc(O)cc1)C(=O)O. The van der Waals surface area contributed by atoms with E-state index in [1.54, 1.807) is 12.1 Å². The Labute approximate surface area is 292 Å². The molecule has 5 unspecified atom stereocenters. The Kier molecular flexibility index (Phi) is 14.3. The molecule has 5 atom stereocenters. The van der Waals surface area contributed by atoms with Crippen molar-refractivity contribution < 1.29 is 54.3 Å². The van der Waals surface area contributed by atoms with Crippen molar-refractivity contribution in [3.8, 4) is 17.2 Å². The maximum absolute atomic E-state index is 13.5. The number of benzene rings is 3. The molecule has 0 heterocycles. The number of aromatic hydroxyl groups is 3. The van der Waals surface area contributed by atoms with Crippen LogP contribution in [-0.2, 0) is 48.0 Å². The third-order valence-electron chi connectivity index (χ3n) is 7.76. The number of rotatable bonds is 18. The zero-order valence-electron chi connectivity index (χ0n) is 27.6. The van der Waals surface area contributed by atoms with E-state index in [1.165, 1.54) is 67.6 Å². The maximum Gasteiger partial charge on any atom is 0.326 e. The van der Waals surface area contributed by atoms with Gasteiger partial charge in [0.15, 0.2) is 0 Å². The zero-order valence-corrected chi connectivity index (χ0v) is 27.6. The second-order valence-electron chi connectivity index (χ2n) is 11.9. The van der Waals surface area contributed by atoms with Gasteiger partial charge in [0.05, 0.1) is 6.04 Å². The van der Waals surface area contributed by atoms with E-state index >= 15 is 0 Å². The summed E-state index contributed by atoms with van der Waals surface area (Å²) in [7, 11) is 0. The number of carboxylic acid groups (broad SMARTS) is 2. The number of nitrogens with two attached hydrogens (primary N) is 1. The Morgan fingerprint density at radius 3 is 1.39 bits per heavy atom. The number of phenols is 3. The lowest BCUT2D eigenvalue weighted by Crippen LogP contribution is -2.58. The topological polar surface area (TPSA) is 278 Å². The summed E-state index contributed by atoms with van der Waals surface area (Å²) < 4.78 is 0. The van der Waals surface area contributed by atoms with Crippen LogP contribution in [0.4, 0.5) is 0 Å². The quantitative estimate of drug-likeness (QED) is 0.0841. The minimum Gasteiger partial charge on any atom is -0.508 e. The molecule has 3 aromatic carbocycles. The van der Waals surface area contributed by atoms with Gasteiger partial charge in [0.1, 0.15) is 41.4 Å². The van der Waals surface area contributed by atoms with Crippen molar-refractivity contribution in [3.63, 3.8) is 0 Å². The van der Waals surface area contributed by atoms with Gasteiger partial charge in [-0.25, -0.2) is 4.79 Å². The molecule has 0 radical (unpaired) electrons. The molecule has 3 rings (SSSR count). The average Bonchev–Trinajstić information content (AvgIpc) is 3.08. The first kappa shape index (κ1) is 39.3. The number of amides is 4. The lowest BCUT2D eigenvalue weighted by Gasteiger charge is -2.25. The Morgan fingerprint density at radius 1 is 0.549 bits per heavy atom. The fraction of sp³-hybridized carbons (Fsp3) is 0.314. The van der Waals surface area contributed by atoms with Gasteiger partial charge in [-0.05, 0) is 72.9 Å². The smallest absolute Gasteiger partial charge is 0.326 e. The summed E-state index contributed by atoms with van der Waals surface area (Å²) in [6, 6.07) is 10.7. The van der Waals surface area contributed by atoms with Gasteiger partial charge >= 0.3 is 11.9 Å². The summed E-state index contributed by atoms with van der Waals surface area (Å²) in [5.41, 5.74) is 7.65. The van der Waals surface area contributed by atoms with Gasteiger partial charge in [-0.15, -0.1) is 0 Å². The third-order valence-corrected chi connectivity index (χ3v) is 7.76. The number of hydrogen-bond donors (Lipinski definition) is 10. The lowest BCUT2D eigenvalue weighted by atomic mass is 10.0. The number of hydrogen-bond acceptors (Lipinski definition) is 10. The molecule has 0 fully saturated rings. The van der Waals surface area contributed by atoms with Gasteiger partial charge in [0.2, 0.25) is 23.6 Å². The average molecular weight is 708 g/mol. The molecule has 0 spiro atoms. The van der Waals surface area contributed by atoms with Gasteiger partial charge in [0.25, 0.3) is 0 Å². The Hall–Kier alpha value is -6.16. The highest BCUT2D eigenvalue weighted by molar-refractivity contribution is 5.95. The molecule has 0 aliphatic carbocycles. The predicted molar refractivity (Wildman–Crippen MR) is 181 cm³/mol. The highest BCUT2D eigenvalue weighted by Crippen LogP contribution is 2.14. The number of aliphatic carboxylic acids is 2. The highest BCUT2D eigenvalue weighted by atomic mass is 16.4. The van der Waals surface area contributed by atoms with Crippen molar-refractivity contribution in [3.05, 3.63) is 89.5 Å². The molecular formula is C35H41N5O11. The van der Waals surface area contributed by atoms with Crippen molar-refractivity contribution in [1.82, 2.24) is 21.3 Å². The second kappa shape index (κ2) is 18.6. The van der Waals surface area contributed by atoms with Crippen molar-refractivity contribution in [2.75, 3.05) is 0 Å². The van der Waals surface area contributed by atoms with Crippen molar-refractivity contribution in [2.24, 2.45) is 5.73 Å². The lowest BCUT2D eigenvalue weighted by molar-refractivity contribution is -0.142. The van der Waals surface area contributed by atoms with Crippen molar-refractivity contribution >= 4 is 35.6 Å². The molecular weight excluding hydrogens is 666 g/mol. The molecule has 16 heteroatoms.